The van der Waals surface area contributed by atoms with Gasteiger partial charge in [0.05, 0.1) is 26.2 Å². The second-order valence-corrected chi connectivity index (χ2v) is 6.53. The molecule has 1 saturated heterocycles. The summed E-state index contributed by atoms with van der Waals surface area (Å²) >= 11 is 0. The third-order valence-corrected chi connectivity index (χ3v) is 4.98. The SMILES string of the molecule is COc1ccc(CCN2C(=O)C[C@@H](C(=O)O)[C@@H]2c2ccccc2)cc1OC. The minimum atomic E-state index is -0.939. The van der Waals surface area contributed by atoms with Crippen molar-refractivity contribution >= 4 is 11.9 Å². The molecule has 0 bridgehead atoms. The van der Waals surface area contributed by atoms with Crippen molar-refractivity contribution < 1.29 is 24.2 Å². The number of hydrogen-bond acceptors (Lipinski definition) is 4. The van der Waals surface area contributed by atoms with Gasteiger partial charge in [-0.1, -0.05) is 36.4 Å². The van der Waals surface area contributed by atoms with Crippen LogP contribution in [0.4, 0.5) is 0 Å². The molecule has 2 atom stereocenters. The zero-order valence-electron chi connectivity index (χ0n) is 15.4. The number of carbonyl (C=O) groups excluding carboxylic acids is 1. The molecule has 0 unspecified atom stereocenters. The Hall–Kier alpha value is -3.02. The summed E-state index contributed by atoms with van der Waals surface area (Å²) < 4.78 is 10.6. The number of likely N-dealkylation sites (tertiary alicyclic amines) is 1. The number of ether oxygens (including phenoxy) is 2. The lowest BCUT2D eigenvalue weighted by atomic mass is 9.93. The summed E-state index contributed by atoms with van der Waals surface area (Å²) in [5, 5.41) is 9.58. The van der Waals surface area contributed by atoms with Gasteiger partial charge in [-0.2, -0.15) is 0 Å². The molecule has 1 fully saturated rings. The largest absolute Gasteiger partial charge is 0.493 e. The van der Waals surface area contributed by atoms with Gasteiger partial charge in [-0.25, -0.2) is 0 Å². The molecule has 0 spiro atoms. The molecule has 142 valence electrons. The molecule has 1 aliphatic rings. The van der Waals surface area contributed by atoms with E-state index in [0.717, 1.165) is 11.1 Å². The highest BCUT2D eigenvalue weighted by molar-refractivity contribution is 5.87. The molecular formula is C21H23NO5. The Labute approximate surface area is 158 Å². The van der Waals surface area contributed by atoms with Crippen molar-refractivity contribution in [1.29, 1.82) is 0 Å². The molecule has 1 amide bonds. The van der Waals surface area contributed by atoms with E-state index in [2.05, 4.69) is 0 Å². The third-order valence-electron chi connectivity index (χ3n) is 4.98. The Bertz CT molecular complexity index is 821. The number of amides is 1. The standard InChI is InChI=1S/C21H23NO5/c1-26-17-9-8-14(12-18(17)27-2)10-11-22-19(23)13-16(21(24)25)20(22)15-6-4-3-5-7-15/h3-9,12,16,20H,10-11,13H2,1-2H3,(H,24,25)/t16-,20+/m1/s1. The maximum absolute atomic E-state index is 12.5. The summed E-state index contributed by atoms with van der Waals surface area (Å²) in [7, 11) is 3.16. The molecule has 1 heterocycles. The summed E-state index contributed by atoms with van der Waals surface area (Å²) in [5.41, 5.74) is 1.84. The van der Waals surface area contributed by atoms with E-state index in [1.165, 1.54) is 0 Å². The first-order valence-corrected chi connectivity index (χ1v) is 8.83. The maximum Gasteiger partial charge on any atom is 0.309 e. The average Bonchev–Trinajstić information content (AvgIpc) is 3.03. The molecule has 1 N–H and O–H groups in total. The van der Waals surface area contributed by atoms with Crippen molar-refractivity contribution in [3.63, 3.8) is 0 Å². The second kappa shape index (κ2) is 8.12. The number of carboxylic acids is 1. The molecule has 6 nitrogen and oxygen atoms in total. The van der Waals surface area contributed by atoms with Gasteiger partial charge in [0.15, 0.2) is 11.5 Å². The van der Waals surface area contributed by atoms with Gasteiger partial charge < -0.3 is 19.5 Å². The molecule has 2 aromatic carbocycles. The van der Waals surface area contributed by atoms with E-state index in [1.807, 2.05) is 48.5 Å². The van der Waals surface area contributed by atoms with E-state index in [4.69, 9.17) is 9.47 Å². The number of methoxy groups -OCH3 is 2. The van der Waals surface area contributed by atoms with Crippen molar-refractivity contribution in [3.8, 4) is 11.5 Å². The van der Waals surface area contributed by atoms with Crippen LogP contribution < -0.4 is 9.47 Å². The molecule has 27 heavy (non-hydrogen) atoms. The van der Waals surface area contributed by atoms with Gasteiger partial charge in [0.25, 0.3) is 0 Å². The molecule has 6 heteroatoms. The normalized spacial score (nSPS) is 19.2. The van der Waals surface area contributed by atoms with E-state index >= 15 is 0 Å². The van der Waals surface area contributed by atoms with Crippen LogP contribution in [0.1, 0.15) is 23.6 Å². The lowest BCUT2D eigenvalue weighted by Crippen LogP contribution is -2.32. The van der Waals surface area contributed by atoms with Crippen molar-refractivity contribution in [2.45, 2.75) is 18.9 Å². The zero-order valence-corrected chi connectivity index (χ0v) is 15.4. The summed E-state index contributed by atoms with van der Waals surface area (Å²) in [6.07, 6.45) is 0.628. The molecule has 3 rings (SSSR count). The van der Waals surface area contributed by atoms with Crippen LogP contribution in [0.2, 0.25) is 0 Å². The molecule has 2 aromatic rings. The quantitative estimate of drug-likeness (QED) is 0.812. The number of carboxylic acid groups (broad SMARTS) is 1. The van der Waals surface area contributed by atoms with Crippen LogP contribution in [0.3, 0.4) is 0 Å². The number of aliphatic carboxylic acids is 1. The van der Waals surface area contributed by atoms with Crippen LogP contribution in [0, 0.1) is 5.92 Å². The monoisotopic (exact) mass is 369 g/mol. The number of carbonyl (C=O) groups is 2. The van der Waals surface area contributed by atoms with Crippen LogP contribution in [-0.2, 0) is 16.0 Å². The van der Waals surface area contributed by atoms with Crippen LogP contribution in [0.15, 0.2) is 48.5 Å². The van der Waals surface area contributed by atoms with Crippen molar-refractivity contribution in [1.82, 2.24) is 4.90 Å². The Morgan fingerprint density at radius 2 is 1.81 bits per heavy atom. The molecule has 0 aliphatic carbocycles. The summed E-state index contributed by atoms with van der Waals surface area (Å²) in [4.78, 5) is 25.9. The zero-order chi connectivity index (χ0) is 19.4. The van der Waals surface area contributed by atoms with Gasteiger partial charge in [0.2, 0.25) is 5.91 Å². The van der Waals surface area contributed by atoms with Crippen LogP contribution in [0.5, 0.6) is 11.5 Å². The van der Waals surface area contributed by atoms with E-state index in [0.29, 0.717) is 24.5 Å². The smallest absolute Gasteiger partial charge is 0.309 e. The lowest BCUT2D eigenvalue weighted by molar-refractivity contribution is -0.142. The summed E-state index contributed by atoms with van der Waals surface area (Å²) in [5.74, 6) is -0.523. The Morgan fingerprint density at radius 3 is 2.44 bits per heavy atom. The fraction of sp³-hybridized carbons (Fsp3) is 0.333. The Kier molecular flexibility index (Phi) is 5.64. The number of hydrogen-bond donors (Lipinski definition) is 1. The average molecular weight is 369 g/mol. The van der Waals surface area contributed by atoms with Gasteiger partial charge in [-0.15, -0.1) is 0 Å². The van der Waals surface area contributed by atoms with Crippen LogP contribution in [-0.4, -0.2) is 42.6 Å². The summed E-state index contributed by atoms with van der Waals surface area (Å²) in [6, 6.07) is 14.5. The van der Waals surface area contributed by atoms with E-state index in [9.17, 15) is 14.7 Å². The van der Waals surface area contributed by atoms with Crippen molar-refractivity contribution in [2.24, 2.45) is 5.92 Å². The minimum absolute atomic E-state index is 0.0286. The lowest BCUT2D eigenvalue weighted by Gasteiger charge is -2.27. The van der Waals surface area contributed by atoms with E-state index in [1.54, 1.807) is 19.1 Å². The predicted octanol–water partition coefficient (Wildman–Crippen LogP) is 2.92. The third kappa shape index (κ3) is 3.89. The fourth-order valence-electron chi connectivity index (χ4n) is 3.62. The first-order chi connectivity index (χ1) is 13.0. The first-order valence-electron chi connectivity index (χ1n) is 8.83. The fourth-order valence-corrected chi connectivity index (χ4v) is 3.62. The predicted molar refractivity (Wildman–Crippen MR) is 99.9 cm³/mol. The molecule has 0 aromatic heterocycles. The number of benzene rings is 2. The topological polar surface area (TPSA) is 76.1 Å². The maximum atomic E-state index is 12.5. The van der Waals surface area contributed by atoms with Gasteiger partial charge in [-0.05, 0) is 29.7 Å². The molecule has 0 radical (unpaired) electrons. The first kappa shape index (κ1) is 18.8. The Balaban J connectivity index is 1.82. The number of rotatable bonds is 7. The van der Waals surface area contributed by atoms with Gasteiger partial charge in [-0.3, -0.25) is 9.59 Å². The molecule has 1 aliphatic heterocycles. The highest BCUT2D eigenvalue weighted by Crippen LogP contribution is 2.38. The molecular weight excluding hydrogens is 346 g/mol. The van der Waals surface area contributed by atoms with Crippen LogP contribution in [0.25, 0.3) is 0 Å². The van der Waals surface area contributed by atoms with E-state index < -0.39 is 17.9 Å². The number of nitrogens with zero attached hydrogens (tertiary/aromatic N) is 1. The van der Waals surface area contributed by atoms with Gasteiger partial charge in [0.1, 0.15) is 0 Å². The Morgan fingerprint density at radius 1 is 1.11 bits per heavy atom. The molecule has 0 saturated carbocycles. The van der Waals surface area contributed by atoms with Crippen LogP contribution >= 0.6 is 0 Å². The van der Waals surface area contributed by atoms with Crippen molar-refractivity contribution in [2.75, 3.05) is 20.8 Å². The van der Waals surface area contributed by atoms with Gasteiger partial charge in [0, 0.05) is 13.0 Å². The highest BCUT2D eigenvalue weighted by atomic mass is 16.5. The highest BCUT2D eigenvalue weighted by Gasteiger charge is 2.44. The second-order valence-electron chi connectivity index (χ2n) is 6.53. The minimum Gasteiger partial charge on any atom is -0.493 e. The van der Waals surface area contributed by atoms with E-state index in [-0.39, 0.29) is 12.3 Å². The summed E-state index contributed by atoms with van der Waals surface area (Å²) in [6.45, 7) is 0.442. The van der Waals surface area contributed by atoms with Crippen molar-refractivity contribution in [3.05, 3.63) is 59.7 Å². The van der Waals surface area contributed by atoms with Gasteiger partial charge >= 0.3 is 5.97 Å².